The first kappa shape index (κ1) is 27.4. The Hall–Kier alpha value is -4.14. The summed E-state index contributed by atoms with van der Waals surface area (Å²) in [6, 6.07) is 8.15. The second-order valence-corrected chi connectivity index (χ2v) is 10.9. The average Bonchev–Trinajstić information content (AvgIpc) is 3.35. The topological polar surface area (TPSA) is 120 Å². The summed E-state index contributed by atoms with van der Waals surface area (Å²) in [4.78, 5) is 20.1. The quantitative estimate of drug-likeness (QED) is 0.214. The van der Waals surface area contributed by atoms with Crippen molar-refractivity contribution in [2.75, 3.05) is 11.3 Å². The van der Waals surface area contributed by atoms with Gasteiger partial charge in [-0.15, -0.1) is 11.3 Å². The minimum atomic E-state index is -4.83. The average molecular weight is 605 g/mol. The largest absolute Gasteiger partial charge is 0.464 e. The molecule has 0 radical (unpaired) electrons. The number of sulfonamides is 1. The Kier molecular flexibility index (Phi) is 7.65. The molecule has 3 aromatic heterocycles. The number of nitrogens with zero attached hydrogens (tertiary/aromatic N) is 5. The molecule has 0 bridgehead atoms. The number of aromatic nitrogens is 5. The Bertz CT molecular complexity index is 1800. The predicted molar refractivity (Wildman–Crippen MR) is 143 cm³/mol. The summed E-state index contributed by atoms with van der Waals surface area (Å²) >= 11 is 7.12. The molecule has 3 heterocycles. The lowest BCUT2D eigenvalue weighted by molar-refractivity contribution is 0.312. The van der Waals surface area contributed by atoms with Gasteiger partial charge in [0.25, 0.3) is 10.0 Å². The summed E-state index contributed by atoms with van der Waals surface area (Å²) in [5.41, 5.74) is 0.246. The maximum absolute atomic E-state index is 15.9. The molecule has 0 aliphatic rings. The molecule has 0 fully saturated rings. The second-order valence-electron chi connectivity index (χ2n) is 7.92. The van der Waals surface area contributed by atoms with Gasteiger partial charge in [0.15, 0.2) is 10.7 Å². The Morgan fingerprint density at radius 2 is 1.68 bits per heavy atom. The van der Waals surface area contributed by atoms with E-state index in [-0.39, 0.29) is 22.6 Å². The number of nitrogens with one attached hydrogen (secondary N) is 1. The summed E-state index contributed by atoms with van der Waals surface area (Å²) in [7, 11) is -4.83. The van der Waals surface area contributed by atoms with Crippen LogP contribution < -0.4 is 9.46 Å². The Morgan fingerprint density at radius 1 is 0.975 bits per heavy atom. The fourth-order valence-corrected chi connectivity index (χ4v) is 5.99. The first-order chi connectivity index (χ1) is 19.2. The zero-order valence-corrected chi connectivity index (χ0v) is 22.7. The normalized spacial score (nSPS) is 11.4. The number of anilines is 1. The number of halogens is 4. The van der Waals surface area contributed by atoms with Gasteiger partial charge in [-0.25, -0.2) is 46.5 Å². The van der Waals surface area contributed by atoms with Crippen molar-refractivity contribution in [3.05, 3.63) is 83.8 Å². The summed E-state index contributed by atoms with van der Waals surface area (Å²) in [6.07, 6.45) is 4.39. The molecule has 204 valence electrons. The van der Waals surface area contributed by atoms with Gasteiger partial charge in [0.2, 0.25) is 5.28 Å². The molecule has 0 saturated carbocycles. The van der Waals surface area contributed by atoms with E-state index >= 15 is 4.39 Å². The third-order valence-corrected chi connectivity index (χ3v) is 8.05. The van der Waals surface area contributed by atoms with Crippen LogP contribution in [0.25, 0.3) is 32.4 Å². The van der Waals surface area contributed by atoms with E-state index < -0.39 is 38.1 Å². The molecule has 0 aliphatic carbocycles. The van der Waals surface area contributed by atoms with Crippen LogP contribution in [-0.4, -0.2) is 39.9 Å². The summed E-state index contributed by atoms with van der Waals surface area (Å²) < 4.78 is 77.1. The zero-order valence-electron chi connectivity index (χ0n) is 20.3. The second kappa shape index (κ2) is 11.2. The highest BCUT2D eigenvalue weighted by Gasteiger charge is 2.27. The Morgan fingerprint density at radius 3 is 2.35 bits per heavy atom. The minimum Gasteiger partial charge on any atom is -0.464 e. The van der Waals surface area contributed by atoms with Crippen LogP contribution in [0.3, 0.4) is 0 Å². The van der Waals surface area contributed by atoms with Gasteiger partial charge in [0, 0.05) is 29.7 Å². The molecule has 2 aromatic carbocycles. The lowest BCUT2D eigenvalue weighted by Gasteiger charge is -2.12. The highest BCUT2D eigenvalue weighted by Crippen LogP contribution is 2.42. The van der Waals surface area contributed by atoms with Crippen LogP contribution in [0, 0.1) is 17.5 Å². The monoisotopic (exact) mass is 604 g/mol. The number of ether oxygens (including phenoxy) is 1. The van der Waals surface area contributed by atoms with E-state index in [1.807, 2.05) is 4.72 Å². The van der Waals surface area contributed by atoms with Gasteiger partial charge >= 0.3 is 6.01 Å². The molecule has 9 nitrogen and oxygen atoms in total. The van der Waals surface area contributed by atoms with E-state index in [9.17, 15) is 17.2 Å². The number of hydrogen-bond donors (Lipinski definition) is 1. The third-order valence-electron chi connectivity index (χ3n) is 5.32. The minimum absolute atomic E-state index is 0.0586. The molecular formula is C25H16ClF3N6O3S2. The molecule has 40 heavy (non-hydrogen) atoms. The van der Waals surface area contributed by atoms with E-state index in [0.717, 1.165) is 35.6 Å². The van der Waals surface area contributed by atoms with Gasteiger partial charge < -0.3 is 4.74 Å². The molecule has 0 aliphatic heterocycles. The van der Waals surface area contributed by atoms with Crippen molar-refractivity contribution in [1.82, 2.24) is 24.9 Å². The van der Waals surface area contributed by atoms with Crippen LogP contribution in [0.4, 0.5) is 18.9 Å². The molecule has 5 aromatic rings. The van der Waals surface area contributed by atoms with Gasteiger partial charge in [-0.3, -0.25) is 4.72 Å². The molecule has 0 spiro atoms. The van der Waals surface area contributed by atoms with Crippen molar-refractivity contribution in [2.45, 2.75) is 11.8 Å². The first-order valence-corrected chi connectivity index (χ1v) is 14.1. The fourth-order valence-electron chi connectivity index (χ4n) is 3.62. The maximum atomic E-state index is 15.9. The van der Waals surface area contributed by atoms with Crippen LogP contribution in [-0.2, 0) is 10.0 Å². The predicted octanol–water partition coefficient (Wildman–Crippen LogP) is 5.99. The number of hydrogen-bond acceptors (Lipinski definition) is 9. The fraction of sp³-hybridized carbons (Fsp3) is 0.0800. The molecular weight excluding hydrogens is 589 g/mol. The number of thiazole rings is 1. The van der Waals surface area contributed by atoms with Crippen LogP contribution in [0.2, 0.25) is 5.28 Å². The van der Waals surface area contributed by atoms with Gasteiger partial charge in [-0.05, 0) is 48.9 Å². The Balaban J connectivity index is 1.62. The zero-order chi connectivity index (χ0) is 28.4. The van der Waals surface area contributed by atoms with E-state index in [1.54, 1.807) is 13.0 Å². The van der Waals surface area contributed by atoms with E-state index in [1.165, 1.54) is 30.7 Å². The highest BCUT2D eigenvalue weighted by molar-refractivity contribution is 7.92. The standard InChI is InChI=1S/C25H16ClF3N6O3S2/c1-2-38-25-31-11-13(12-32-25)23-34-20(21(39-23)18-9-10-30-24(26)33-18)14-5-3-8-17(19(14)29)35-40(36,37)22-15(27)6-4-7-16(22)28/h3-12,35H,2H2,1H3. The lowest BCUT2D eigenvalue weighted by atomic mass is 10.1. The van der Waals surface area contributed by atoms with Gasteiger partial charge in [-0.2, -0.15) is 0 Å². The van der Waals surface area contributed by atoms with Crippen molar-refractivity contribution in [3.8, 4) is 38.4 Å². The van der Waals surface area contributed by atoms with Crippen LogP contribution in [0.5, 0.6) is 6.01 Å². The van der Waals surface area contributed by atoms with Crippen LogP contribution >= 0.6 is 22.9 Å². The maximum Gasteiger partial charge on any atom is 0.316 e. The van der Waals surface area contributed by atoms with Crippen LogP contribution in [0.15, 0.2) is 66.0 Å². The lowest BCUT2D eigenvalue weighted by Crippen LogP contribution is -2.17. The number of rotatable bonds is 8. The molecule has 0 atom stereocenters. The molecule has 15 heteroatoms. The van der Waals surface area contributed by atoms with Gasteiger partial charge in [-0.1, -0.05) is 12.1 Å². The third kappa shape index (κ3) is 5.46. The van der Waals surface area contributed by atoms with Crippen LogP contribution in [0.1, 0.15) is 6.92 Å². The first-order valence-electron chi connectivity index (χ1n) is 11.4. The van der Waals surface area contributed by atoms with Gasteiger partial charge in [0.05, 0.1) is 28.6 Å². The van der Waals surface area contributed by atoms with E-state index in [0.29, 0.717) is 27.7 Å². The van der Waals surface area contributed by atoms with Crippen molar-refractivity contribution in [2.24, 2.45) is 0 Å². The molecule has 0 unspecified atom stereocenters. The summed E-state index contributed by atoms with van der Waals surface area (Å²) in [5, 5.41) is 0.332. The van der Waals surface area contributed by atoms with E-state index in [2.05, 4.69) is 24.9 Å². The molecule has 1 N–H and O–H groups in total. The molecule has 5 rings (SSSR count). The summed E-state index contributed by atoms with van der Waals surface area (Å²) in [6.45, 7) is 2.17. The van der Waals surface area contributed by atoms with E-state index in [4.69, 9.17) is 16.3 Å². The number of benzene rings is 2. The molecule has 0 amide bonds. The van der Waals surface area contributed by atoms with Crippen molar-refractivity contribution in [3.63, 3.8) is 0 Å². The van der Waals surface area contributed by atoms with Gasteiger partial charge in [0.1, 0.15) is 16.6 Å². The highest BCUT2D eigenvalue weighted by atomic mass is 35.5. The Labute approximate surface area is 234 Å². The summed E-state index contributed by atoms with van der Waals surface area (Å²) in [5.74, 6) is -3.69. The van der Waals surface area contributed by atoms with Crippen molar-refractivity contribution in [1.29, 1.82) is 0 Å². The SMILES string of the molecule is CCOc1ncc(-c2nc(-c3cccc(NS(=O)(=O)c4c(F)cccc4F)c3F)c(-c3ccnc(Cl)n3)s2)cn1. The molecule has 0 saturated heterocycles. The smallest absolute Gasteiger partial charge is 0.316 e. The van der Waals surface area contributed by atoms with Crippen molar-refractivity contribution >= 4 is 38.6 Å². The van der Waals surface area contributed by atoms with Crippen molar-refractivity contribution < 1.29 is 26.3 Å².